The van der Waals surface area contributed by atoms with Gasteiger partial charge in [0.1, 0.15) is 0 Å². The van der Waals surface area contributed by atoms with Gasteiger partial charge in [-0.2, -0.15) is 4.98 Å². The van der Waals surface area contributed by atoms with Crippen LogP contribution in [0.1, 0.15) is 33.6 Å². The monoisotopic (exact) mass is 253 g/mol. The molecule has 0 saturated carbocycles. The molecule has 0 fully saturated rings. The molecule has 0 aliphatic carbocycles. The number of rotatable bonds is 7. The molecule has 0 aliphatic heterocycles. The van der Waals surface area contributed by atoms with Crippen LogP contribution in [0.4, 0.5) is 5.95 Å². The predicted molar refractivity (Wildman–Crippen MR) is 67.8 cm³/mol. The molecule has 0 saturated heterocycles. The van der Waals surface area contributed by atoms with Gasteiger partial charge >= 0.3 is 5.97 Å². The van der Waals surface area contributed by atoms with E-state index in [1.807, 2.05) is 6.92 Å². The topological polar surface area (TPSA) is 84.3 Å². The minimum absolute atomic E-state index is 0.0175. The summed E-state index contributed by atoms with van der Waals surface area (Å²) in [7, 11) is 0. The van der Waals surface area contributed by atoms with Crippen molar-refractivity contribution in [2.24, 2.45) is 0 Å². The Morgan fingerprint density at radius 3 is 2.89 bits per heavy atom. The van der Waals surface area contributed by atoms with Crippen LogP contribution in [0.3, 0.4) is 0 Å². The van der Waals surface area contributed by atoms with Crippen molar-refractivity contribution in [3.8, 4) is 5.88 Å². The van der Waals surface area contributed by atoms with E-state index in [1.165, 1.54) is 0 Å². The highest BCUT2D eigenvalue weighted by Gasteiger charge is 2.22. The number of nitrogens with one attached hydrogen (secondary N) is 1. The van der Waals surface area contributed by atoms with Gasteiger partial charge in [-0.05, 0) is 20.3 Å². The predicted octanol–water partition coefficient (Wildman–Crippen LogP) is 1.93. The zero-order chi connectivity index (χ0) is 13.6. The average Bonchev–Trinajstić information content (AvgIpc) is 2.24. The van der Waals surface area contributed by atoms with Gasteiger partial charge in [0.15, 0.2) is 0 Å². The van der Waals surface area contributed by atoms with Crippen molar-refractivity contribution in [1.82, 2.24) is 9.97 Å². The fraction of sp³-hybridized carbons (Fsp3) is 0.583. The van der Waals surface area contributed by atoms with Crippen molar-refractivity contribution >= 4 is 11.9 Å². The maximum absolute atomic E-state index is 10.7. The zero-order valence-corrected chi connectivity index (χ0v) is 10.9. The molecule has 1 aromatic heterocycles. The minimum atomic E-state index is -0.870. The molecule has 0 spiro atoms. The SMILES string of the molecule is CCCOc1ccnc(NC(C)(C)CC(=O)O)n1. The molecule has 0 aliphatic rings. The molecule has 6 heteroatoms. The highest BCUT2D eigenvalue weighted by Crippen LogP contribution is 2.16. The molecule has 18 heavy (non-hydrogen) atoms. The summed E-state index contributed by atoms with van der Waals surface area (Å²) >= 11 is 0. The third kappa shape index (κ3) is 4.99. The van der Waals surface area contributed by atoms with E-state index in [9.17, 15) is 4.79 Å². The zero-order valence-electron chi connectivity index (χ0n) is 10.9. The number of aliphatic carboxylic acids is 1. The number of nitrogens with zero attached hydrogens (tertiary/aromatic N) is 2. The largest absolute Gasteiger partial charge is 0.481 e. The first-order chi connectivity index (χ1) is 8.43. The molecule has 1 heterocycles. The van der Waals surface area contributed by atoms with E-state index >= 15 is 0 Å². The second-order valence-electron chi connectivity index (χ2n) is 4.65. The van der Waals surface area contributed by atoms with Crippen molar-refractivity contribution in [3.63, 3.8) is 0 Å². The van der Waals surface area contributed by atoms with Crippen LogP contribution in [0.15, 0.2) is 12.3 Å². The number of carbonyl (C=O) groups is 1. The van der Waals surface area contributed by atoms with Crippen molar-refractivity contribution < 1.29 is 14.6 Å². The van der Waals surface area contributed by atoms with Crippen molar-refractivity contribution in [2.45, 2.75) is 39.2 Å². The van der Waals surface area contributed by atoms with Crippen molar-refractivity contribution in [2.75, 3.05) is 11.9 Å². The lowest BCUT2D eigenvalue weighted by Crippen LogP contribution is -2.34. The first kappa shape index (κ1) is 14.2. The van der Waals surface area contributed by atoms with Crippen molar-refractivity contribution in [3.05, 3.63) is 12.3 Å². The molecule has 100 valence electrons. The molecular weight excluding hydrogens is 234 g/mol. The van der Waals surface area contributed by atoms with E-state index < -0.39 is 11.5 Å². The third-order valence-electron chi connectivity index (χ3n) is 2.13. The summed E-state index contributed by atoms with van der Waals surface area (Å²) in [5, 5.41) is 11.8. The van der Waals surface area contributed by atoms with Crippen LogP contribution in [0.25, 0.3) is 0 Å². The summed E-state index contributed by atoms with van der Waals surface area (Å²) in [6, 6.07) is 1.67. The molecule has 0 aromatic carbocycles. The van der Waals surface area contributed by atoms with Gasteiger partial charge in [-0.15, -0.1) is 0 Å². The highest BCUT2D eigenvalue weighted by molar-refractivity contribution is 5.69. The lowest BCUT2D eigenvalue weighted by atomic mass is 10.0. The first-order valence-corrected chi connectivity index (χ1v) is 5.89. The second-order valence-corrected chi connectivity index (χ2v) is 4.65. The van der Waals surface area contributed by atoms with Gasteiger partial charge in [0.05, 0.1) is 13.0 Å². The Bertz CT molecular complexity index is 407. The Hall–Kier alpha value is -1.85. The van der Waals surface area contributed by atoms with E-state index in [0.29, 0.717) is 18.4 Å². The second kappa shape index (κ2) is 6.18. The van der Waals surface area contributed by atoms with Gasteiger partial charge < -0.3 is 15.2 Å². The fourth-order valence-corrected chi connectivity index (χ4v) is 1.41. The van der Waals surface area contributed by atoms with Gasteiger partial charge in [0.2, 0.25) is 11.8 Å². The van der Waals surface area contributed by atoms with Gasteiger partial charge in [-0.3, -0.25) is 4.79 Å². The van der Waals surface area contributed by atoms with Gasteiger partial charge in [0.25, 0.3) is 0 Å². The van der Waals surface area contributed by atoms with Gasteiger partial charge in [0, 0.05) is 17.8 Å². The van der Waals surface area contributed by atoms with Crippen LogP contribution in [0, 0.1) is 0 Å². The summed E-state index contributed by atoms with van der Waals surface area (Å²) < 4.78 is 5.38. The fourth-order valence-electron chi connectivity index (χ4n) is 1.41. The summed E-state index contributed by atoms with van der Waals surface area (Å²) in [6.07, 6.45) is 2.46. The Morgan fingerprint density at radius 1 is 1.56 bits per heavy atom. The maximum atomic E-state index is 10.7. The number of carboxylic acid groups (broad SMARTS) is 1. The number of ether oxygens (including phenoxy) is 1. The van der Waals surface area contributed by atoms with E-state index in [0.717, 1.165) is 6.42 Å². The lowest BCUT2D eigenvalue weighted by molar-refractivity contribution is -0.137. The number of hydrogen-bond donors (Lipinski definition) is 2. The van der Waals surface area contributed by atoms with Crippen LogP contribution in [-0.4, -0.2) is 33.2 Å². The summed E-state index contributed by atoms with van der Waals surface area (Å²) in [5.41, 5.74) is -0.616. The molecular formula is C12H19N3O3. The number of carboxylic acids is 1. The molecule has 2 N–H and O–H groups in total. The number of anilines is 1. The molecule has 0 bridgehead atoms. The van der Waals surface area contributed by atoms with E-state index in [1.54, 1.807) is 26.1 Å². The molecule has 0 atom stereocenters. The maximum Gasteiger partial charge on any atom is 0.305 e. The Morgan fingerprint density at radius 2 is 2.28 bits per heavy atom. The van der Waals surface area contributed by atoms with E-state index in [2.05, 4.69) is 15.3 Å². The standard InChI is InChI=1S/C12H19N3O3/c1-4-7-18-9-5-6-13-11(14-9)15-12(2,3)8-10(16)17/h5-6H,4,7-8H2,1-3H3,(H,16,17)(H,13,14,15). The van der Waals surface area contributed by atoms with Crippen LogP contribution in [-0.2, 0) is 4.79 Å². The molecule has 6 nitrogen and oxygen atoms in total. The van der Waals surface area contributed by atoms with Crippen LogP contribution < -0.4 is 10.1 Å². The quantitative estimate of drug-likeness (QED) is 0.772. The van der Waals surface area contributed by atoms with Gasteiger partial charge in [-0.1, -0.05) is 6.92 Å². The summed E-state index contributed by atoms with van der Waals surface area (Å²) in [4.78, 5) is 18.9. The summed E-state index contributed by atoms with van der Waals surface area (Å²) in [5.74, 6) is -0.0128. The summed E-state index contributed by atoms with van der Waals surface area (Å²) in [6.45, 7) is 6.17. The number of hydrogen-bond acceptors (Lipinski definition) is 5. The average molecular weight is 253 g/mol. The Kier molecular flexibility index (Phi) is 4.88. The lowest BCUT2D eigenvalue weighted by Gasteiger charge is -2.24. The minimum Gasteiger partial charge on any atom is -0.481 e. The van der Waals surface area contributed by atoms with E-state index in [4.69, 9.17) is 9.84 Å². The smallest absolute Gasteiger partial charge is 0.305 e. The molecule has 0 unspecified atom stereocenters. The first-order valence-electron chi connectivity index (χ1n) is 5.89. The Balaban J connectivity index is 2.69. The number of aromatic nitrogens is 2. The molecule has 1 rings (SSSR count). The molecule has 0 radical (unpaired) electrons. The van der Waals surface area contributed by atoms with Crippen LogP contribution in [0.5, 0.6) is 5.88 Å². The van der Waals surface area contributed by atoms with Crippen molar-refractivity contribution in [1.29, 1.82) is 0 Å². The van der Waals surface area contributed by atoms with Crippen LogP contribution >= 0.6 is 0 Å². The van der Waals surface area contributed by atoms with Crippen LogP contribution in [0.2, 0.25) is 0 Å². The van der Waals surface area contributed by atoms with Gasteiger partial charge in [-0.25, -0.2) is 4.98 Å². The third-order valence-corrected chi connectivity index (χ3v) is 2.13. The molecule has 0 amide bonds. The van der Waals surface area contributed by atoms with E-state index in [-0.39, 0.29) is 6.42 Å². The highest BCUT2D eigenvalue weighted by atomic mass is 16.5. The normalized spacial score (nSPS) is 11.1. The Labute approximate surface area is 106 Å². The molecule has 1 aromatic rings.